The van der Waals surface area contributed by atoms with Crippen molar-refractivity contribution in [2.75, 3.05) is 5.75 Å². The molecule has 1 N–H and O–H groups in total. The maximum atomic E-state index is 13.0. The lowest BCUT2D eigenvalue weighted by Gasteiger charge is -2.29. The minimum atomic E-state index is -0.568. The Kier molecular flexibility index (Phi) is 9.34. The molecule has 2 aromatic carbocycles. The molecule has 4 nitrogen and oxygen atoms in total. The molecule has 2 aromatic rings. The average molecular weight is 453 g/mol. The average Bonchev–Trinajstić information content (AvgIpc) is 2.68. The first-order chi connectivity index (χ1) is 13.8. The molecule has 0 saturated carbocycles. The summed E-state index contributed by atoms with van der Waals surface area (Å²) in [5.41, 5.74) is 0.928. The Bertz CT molecular complexity index is 811. The number of nitrogens with zero attached hydrogens (tertiary/aromatic N) is 1. The predicted molar refractivity (Wildman–Crippen MR) is 122 cm³/mol. The van der Waals surface area contributed by atoms with Crippen molar-refractivity contribution in [2.45, 2.75) is 50.7 Å². The van der Waals surface area contributed by atoms with Crippen LogP contribution in [0.2, 0.25) is 10.0 Å². The third-order valence-corrected chi connectivity index (χ3v) is 5.78. The largest absolute Gasteiger partial charge is 0.352 e. The lowest BCUT2D eigenvalue weighted by Crippen LogP contribution is -2.49. The maximum Gasteiger partial charge on any atom is 0.242 e. The van der Waals surface area contributed by atoms with E-state index in [-0.39, 0.29) is 17.9 Å². The van der Waals surface area contributed by atoms with Gasteiger partial charge in [-0.2, -0.15) is 0 Å². The first kappa shape index (κ1) is 23.6. The Morgan fingerprint density at radius 1 is 0.966 bits per heavy atom. The molecule has 1 unspecified atom stereocenters. The molecule has 0 aliphatic rings. The first-order valence-corrected chi connectivity index (χ1v) is 11.2. The van der Waals surface area contributed by atoms with Crippen molar-refractivity contribution in [3.63, 3.8) is 0 Å². The summed E-state index contributed by atoms with van der Waals surface area (Å²) in [4.78, 5) is 28.2. The van der Waals surface area contributed by atoms with E-state index in [0.29, 0.717) is 28.8 Å². The lowest BCUT2D eigenvalue weighted by molar-refractivity contribution is -0.140. The van der Waals surface area contributed by atoms with Crippen LogP contribution in [0.1, 0.15) is 32.8 Å². The molecule has 1 atom stereocenters. The highest BCUT2D eigenvalue weighted by Gasteiger charge is 2.26. The van der Waals surface area contributed by atoms with Crippen LogP contribution in [0.4, 0.5) is 0 Å². The fraction of sp³-hybridized carbons (Fsp3) is 0.364. The number of hydrogen-bond acceptors (Lipinski definition) is 3. The van der Waals surface area contributed by atoms with Crippen LogP contribution in [0.25, 0.3) is 0 Å². The summed E-state index contributed by atoms with van der Waals surface area (Å²) in [5, 5.41) is 4.21. The number of nitrogens with one attached hydrogen (secondary N) is 1. The van der Waals surface area contributed by atoms with Gasteiger partial charge < -0.3 is 10.2 Å². The number of amides is 2. The van der Waals surface area contributed by atoms with E-state index < -0.39 is 6.04 Å². The zero-order valence-electron chi connectivity index (χ0n) is 16.8. The summed E-state index contributed by atoms with van der Waals surface area (Å²) in [6.45, 7) is 5.92. The normalized spacial score (nSPS) is 11.9. The van der Waals surface area contributed by atoms with Crippen LogP contribution < -0.4 is 5.32 Å². The van der Waals surface area contributed by atoms with Gasteiger partial charge in [0.25, 0.3) is 0 Å². The lowest BCUT2D eigenvalue weighted by atomic mass is 10.1. The minimum absolute atomic E-state index is 0.0119. The summed E-state index contributed by atoms with van der Waals surface area (Å²) < 4.78 is 0. The molecule has 156 valence electrons. The Morgan fingerprint density at radius 3 is 2.07 bits per heavy atom. The standard InChI is InChI=1S/C22H26Cl2N2O2S/c1-15(2)25-22(28)16(3)26(14-17-4-6-18(23)7-5-17)21(27)12-13-29-20-10-8-19(24)9-11-20/h4-11,15-16H,12-14H2,1-3H3,(H,25,28). The Balaban J connectivity index is 2.05. The number of hydrogen-bond donors (Lipinski definition) is 1. The van der Waals surface area contributed by atoms with Crippen LogP contribution >= 0.6 is 35.0 Å². The molecule has 0 fully saturated rings. The molecule has 29 heavy (non-hydrogen) atoms. The molecule has 0 spiro atoms. The SMILES string of the molecule is CC(C)NC(=O)C(C)N(Cc1ccc(Cl)cc1)C(=O)CCSc1ccc(Cl)cc1. The molecular formula is C22H26Cl2N2O2S. The van der Waals surface area contributed by atoms with Gasteiger partial charge in [0, 0.05) is 39.7 Å². The summed E-state index contributed by atoms with van der Waals surface area (Å²) in [5.74, 6) is 0.399. The molecular weight excluding hydrogens is 427 g/mol. The molecule has 2 amide bonds. The summed E-state index contributed by atoms with van der Waals surface area (Å²) in [6.07, 6.45) is 0.334. The monoisotopic (exact) mass is 452 g/mol. The van der Waals surface area contributed by atoms with E-state index in [9.17, 15) is 9.59 Å². The van der Waals surface area contributed by atoms with E-state index in [2.05, 4.69) is 5.32 Å². The molecule has 0 bridgehead atoms. The molecule has 0 heterocycles. The van der Waals surface area contributed by atoms with Gasteiger partial charge in [0.05, 0.1) is 0 Å². The van der Waals surface area contributed by atoms with Gasteiger partial charge in [0.15, 0.2) is 0 Å². The molecule has 0 aliphatic heterocycles. The summed E-state index contributed by atoms with van der Waals surface area (Å²) in [7, 11) is 0. The summed E-state index contributed by atoms with van der Waals surface area (Å²) in [6, 6.07) is 14.3. The number of rotatable bonds is 9. The molecule has 0 aromatic heterocycles. The molecule has 0 aliphatic carbocycles. The molecule has 7 heteroatoms. The van der Waals surface area contributed by atoms with E-state index in [1.165, 1.54) is 0 Å². The van der Waals surface area contributed by atoms with Crippen molar-refractivity contribution < 1.29 is 9.59 Å². The van der Waals surface area contributed by atoms with Gasteiger partial charge in [-0.25, -0.2) is 0 Å². The Morgan fingerprint density at radius 2 is 1.52 bits per heavy atom. The van der Waals surface area contributed by atoms with Crippen LogP contribution in [-0.4, -0.2) is 34.6 Å². The van der Waals surface area contributed by atoms with Gasteiger partial charge in [0.1, 0.15) is 6.04 Å². The van der Waals surface area contributed by atoms with E-state index in [1.54, 1.807) is 35.7 Å². The Labute approximate surface area is 187 Å². The van der Waals surface area contributed by atoms with Gasteiger partial charge >= 0.3 is 0 Å². The number of carbonyl (C=O) groups is 2. The van der Waals surface area contributed by atoms with Gasteiger partial charge in [-0.15, -0.1) is 11.8 Å². The second kappa shape index (κ2) is 11.5. The van der Waals surface area contributed by atoms with Crippen LogP contribution in [0.15, 0.2) is 53.4 Å². The van der Waals surface area contributed by atoms with Crippen LogP contribution in [-0.2, 0) is 16.1 Å². The highest BCUT2D eigenvalue weighted by atomic mass is 35.5. The van der Waals surface area contributed by atoms with Crippen LogP contribution in [0.3, 0.4) is 0 Å². The van der Waals surface area contributed by atoms with Crippen LogP contribution in [0.5, 0.6) is 0 Å². The molecule has 2 rings (SSSR count). The van der Waals surface area contributed by atoms with Gasteiger partial charge in [-0.1, -0.05) is 35.3 Å². The van der Waals surface area contributed by atoms with Gasteiger partial charge in [0.2, 0.25) is 11.8 Å². The molecule has 0 saturated heterocycles. The number of thioether (sulfide) groups is 1. The third-order valence-electron chi connectivity index (χ3n) is 4.26. The molecule has 0 radical (unpaired) electrons. The van der Waals surface area contributed by atoms with E-state index in [4.69, 9.17) is 23.2 Å². The summed E-state index contributed by atoms with van der Waals surface area (Å²) >= 11 is 13.5. The quantitative estimate of drug-likeness (QED) is 0.516. The van der Waals surface area contributed by atoms with Gasteiger partial charge in [-0.3, -0.25) is 9.59 Å². The topological polar surface area (TPSA) is 49.4 Å². The maximum absolute atomic E-state index is 13.0. The second-order valence-electron chi connectivity index (χ2n) is 7.04. The van der Waals surface area contributed by atoms with Crippen LogP contribution in [0, 0.1) is 0 Å². The second-order valence-corrected chi connectivity index (χ2v) is 9.08. The highest BCUT2D eigenvalue weighted by molar-refractivity contribution is 7.99. The third kappa shape index (κ3) is 7.92. The zero-order valence-corrected chi connectivity index (χ0v) is 19.2. The highest BCUT2D eigenvalue weighted by Crippen LogP contribution is 2.22. The van der Waals surface area contributed by atoms with E-state index in [0.717, 1.165) is 10.5 Å². The van der Waals surface area contributed by atoms with Crippen molar-refractivity contribution in [3.05, 3.63) is 64.1 Å². The van der Waals surface area contributed by atoms with Crippen molar-refractivity contribution in [1.82, 2.24) is 10.2 Å². The fourth-order valence-electron chi connectivity index (χ4n) is 2.70. The number of carbonyl (C=O) groups excluding carboxylic acids is 2. The van der Waals surface area contributed by atoms with E-state index in [1.807, 2.05) is 50.2 Å². The van der Waals surface area contributed by atoms with E-state index >= 15 is 0 Å². The fourth-order valence-corrected chi connectivity index (χ4v) is 3.80. The van der Waals surface area contributed by atoms with Gasteiger partial charge in [-0.05, 0) is 62.7 Å². The van der Waals surface area contributed by atoms with Crippen molar-refractivity contribution in [3.8, 4) is 0 Å². The number of benzene rings is 2. The van der Waals surface area contributed by atoms with Crippen molar-refractivity contribution in [1.29, 1.82) is 0 Å². The smallest absolute Gasteiger partial charge is 0.242 e. The zero-order chi connectivity index (χ0) is 21.4. The first-order valence-electron chi connectivity index (χ1n) is 9.49. The predicted octanol–water partition coefficient (Wildman–Crippen LogP) is 5.42. The van der Waals surface area contributed by atoms with Crippen molar-refractivity contribution >= 4 is 46.8 Å². The minimum Gasteiger partial charge on any atom is -0.352 e. The Hall–Kier alpha value is -1.69. The van der Waals surface area contributed by atoms with Crippen molar-refractivity contribution in [2.24, 2.45) is 0 Å². The number of halogens is 2.